The Morgan fingerprint density at radius 1 is 0.944 bits per heavy atom. The van der Waals surface area contributed by atoms with Gasteiger partial charge in [-0.1, -0.05) is 69.3 Å². The van der Waals surface area contributed by atoms with Gasteiger partial charge in [-0.05, 0) is 84.5 Å². The van der Waals surface area contributed by atoms with Crippen molar-refractivity contribution in [2.45, 2.75) is 71.6 Å². The fourth-order valence-electron chi connectivity index (χ4n) is 4.66. The molecule has 0 saturated heterocycles. The lowest BCUT2D eigenvalue weighted by atomic mass is 9.92. The highest BCUT2D eigenvalue weighted by atomic mass is 16.2. The fourth-order valence-corrected chi connectivity index (χ4v) is 4.66. The van der Waals surface area contributed by atoms with E-state index in [4.69, 9.17) is 5.84 Å². The van der Waals surface area contributed by atoms with Crippen LogP contribution in [0.4, 0.5) is 5.69 Å². The number of allylic oxidation sites excluding steroid dienone is 1. The second kappa shape index (κ2) is 13.0. The molecule has 36 heavy (non-hydrogen) atoms. The summed E-state index contributed by atoms with van der Waals surface area (Å²) in [6, 6.07) is 19.0. The lowest BCUT2D eigenvalue weighted by Crippen LogP contribution is -2.30. The van der Waals surface area contributed by atoms with Crippen LogP contribution in [0.25, 0.3) is 10.8 Å². The summed E-state index contributed by atoms with van der Waals surface area (Å²) in [7, 11) is 0. The number of unbranched alkanes of at least 4 members (excludes halogenated alkanes) is 2. The number of hydrogen-bond acceptors (Lipinski definition) is 4. The molecule has 0 heterocycles. The average molecular weight is 486 g/mol. The average Bonchev–Trinajstić information content (AvgIpc) is 2.86. The van der Waals surface area contributed by atoms with E-state index in [1.807, 2.05) is 18.2 Å². The number of amides is 1. The van der Waals surface area contributed by atoms with Crippen molar-refractivity contribution in [2.24, 2.45) is 5.84 Å². The van der Waals surface area contributed by atoms with Crippen LogP contribution in [-0.2, 0) is 17.6 Å². The maximum Gasteiger partial charge on any atom is 0.234 e. The van der Waals surface area contributed by atoms with E-state index < -0.39 is 0 Å². The molecule has 3 aromatic carbocycles. The number of ketones is 1. The van der Waals surface area contributed by atoms with Gasteiger partial charge >= 0.3 is 0 Å². The minimum atomic E-state index is -0.249. The van der Waals surface area contributed by atoms with Crippen LogP contribution in [0.5, 0.6) is 0 Å². The van der Waals surface area contributed by atoms with Crippen molar-refractivity contribution < 1.29 is 9.59 Å². The molecule has 3 rings (SSSR count). The van der Waals surface area contributed by atoms with Gasteiger partial charge in [0.1, 0.15) is 0 Å². The summed E-state index contributed by atoms with van der Waals surface area (Å²) in [5.41, 5.74) is 8.21. The monoisotopic (exact) mass is 485 g/mol. The van der Waals surface area contributed by atoms with E-state index in [1.165, 1.54) is 21.9 Å². The van der Waals surface area contributed by atoms with Crippen LogP contribution in [0.3, 0.4) is 0 Å². The van der Waals surface area contributed by atoms with E-state index in [2.05, 4.69) is 67.6 Å². The number of rotatable bonds is 13. The summed E-state index contributed by atoms with van der Waals surface area (Å²) >= 11 is 0. The summed E-state index contributed by atoms with van der Waals surface area (Å²) in [5, 5.41) is 6.03. The summed E-state index contributed by atoms with van der Waals surface area (Å²) in [5.74, 6) is 5.38. The van der Waals surface area contributed by atoms with E-state index in [-0.39, 0.29) is 18.1 Å². The number of nitrogens with two attached hydrogens (primary N) is 1. The number of carbonyl (C=O) groups is 2. The minimum Gasteiger partial charge on any atom is -0.359 e. The van der Waals surface area contributed by atoms with Crippen LogP contribution in [0.1, 0.15) is 85.8 Å². The molecule has 0 aliphatic heterocycles. The van der Waals surface area contributed by atoms with Crippen molar-refractivity contribution >= 4 is 28.2 Å². The first-order valence-electron chi connectivity index (χ1n) is 12.9. The maximum absolute atomic E-state index is 12.1. The number of hydrogen-bond donors (Lipinski definition) is 3. The number of anilines is 1. The maximum atomic E-state index is 12.1. The Kier molecular flexibility index (Phi) is 9.83. The van der Waals surface area contributed by atoms with Crippen molar-refractivity contribution in [1.82, 2.24) is 5.43 Å². The number of hydrazine groups is 1. The summed E-state index contributed by atoms with van der Waals surface area (Å²) in [6.07, 6.45) is 6.00. The molecule has 0 bridgehead atoms. The van der Waals surface area contributed by atoms with Gasteiger partial charge in [-0.25, -0.2) is 5.84 Å². The number of benzene rings is 3. The molecular weight excluding hydrogens is 446 g/mol. The van der Waals surface area contributed by atoms with Crippen molar-refractivity contribution in [3.8, 4) is 0 Å². The van der Waals surface area contributed by atoms with Gasteiger partial charge in [0.25, 0.3) is 0 Å². The Hall–Kier alpha value is -3.44. The molecule has 0 aromatic heterocycles. The highest BCUT2D eigenvalue weighted by Gasteiger charge is 2.11. The second-order valence-corrected chi connectivity index (χ2v) is 9.85. The molecule has 0 unspecified atom stereocenters. The number of fused-ring (bicyclic) bond motifs is 1. The first-order valence-corrected chi connectivity index (χ1v) is 12.9. The van der Waals surface area contributed by atoms with Crippen LogP contribution in [0, 0.1) is 0 Å². The minimum absolute atomic E-state index is 0.0262. The molecule has 190 valence electrons. The van der Waals surface area contributed by atoms with Gasteiger partial charge in [-0.15, -0.1) is 0 Å². The summed E-state index contributed by atoms with van der Waals surface area (Å²) in [6.45, 7) is 10.2. The van der Waals surface area contributed by atoms with E-state index in [1.54, 1.807) is 6.92 Å². The Labute approximate surface area is 215 Å². The molecule has 0 saturated carbocycles. The van der Waals surface area contributed by atoms with Crippen LogP contribution in [0.2, 0.25) is 0 Å². The Balaban J connectivity index is 1.49. The molecule has 5 heteroatoms. The SMILES string of the molecule is C=C(CCCCCc1cc(C(C)C)c2ccccc2c1)Nc1ccc(CCC(=O)NN)c(C(C)=O)c1. The normalized spacial score (nSPS) is 11.0. The number of Topliss-reactive ketones (excluding diaryl/α,β-unsaturated/α-hetero) is 1. The van der Waals surface area contributed by atoms with Crippen molar-refractivity contribution in [2.75, 3.05) is 5.32 Å². The van der Waals surface area contributed by atoms with E-state index in [0.29, 0.717) is 17.9 Å². The smallest absolute Gasteiger partial charge is 0.234 e. The lowest BCUT2D eigenvalue weighted by molar-refractivity contribution is -0.121. The summed E-state index contributed by atoms with van der Waals surface area (Å²) in [4.78, 5) is 23.6. The van der Waals surface area contributed by atoms with Gasteiger partial charge in [0.2, 0.25) is 5.91 Å². The van der Waals surface area contributed by atoms with E-state index >= 15 is 0 Å². The van der Waals surface area contributed by atoms with Gasteiger partial charge in [0.15, 0.2) is 5.78 Å². The molecule has 0 fully saturated rings. The Morgan fingerprint density at radius 2 is 1.72 bits per heavy atom. The topological polar surface area (TPSA) is 84.2 Å². The predicted molar refractivity (Wildman–Crippen MR) is 150 cm³/mol. The third kappa shape index (κ3) is 7.53. The quantitative estimate of drug-likeness (QED) is 0.0815. The van der Waals surface area contributed by atoms with Crippen molar-refractivity contribution in [1.29, 1.82) is 0 Å². The molecule has 3 aromatic rings. The zero-order valence-electron chi connectivity index (χ0n) is 21.8. The highest BCUT2D eigenvalue weighted by molar-refractivity contribution is 5.96. The molecule has 5 nitrogen and oxygen atoms in total. The van der Waals surface area contributed by atoms with Crippen molar-refractivity contribution in [3.63, 3.8) is 0 Å². The van der Waals surface area contributed by atoms with Gasteiger partial charge in [-0.3, -0.25) is 15.0 Å². The van der Waals surface area contributed by atoms with Crippen molar-refractivity contribution in [3.05, 3.63) is 89.1 Å². The molecule has 4 N–H and O–H groups in total. The Morgan fingerprint density at radius 3 is 2.44 bits per heavy atom. The molecule has 0 spiro atoms. The third-order valence-corrected chi connectivity index (χ3v) is 6.61. The number of nitrogens with one attached hydrogen (secondary N) is 2. The number of carbonyl (C=O) groups excluding carboxylic acids is 2. The van der Waals surface area contributed by atoms with Crippen LogP contribution in [0.15, 0.2) is 66.9 Å². The zero-order chi connectivity index (χ0) is 26.1. The highest BCUT2D eigenvalue weighted by Crippen LogP contribution is 2.28. The largest absolute Gasteiger partial charge is 0.359 e. The Bertz CT molecular complexity index is 1230. The van der Waals surface area contributed by atoms with Gasteiger partial charge in [0, 0.05) is 23.4 Å². The standard InChI is InChI=1S/C31H39N3O2/c1-21(2)29-19-24(18-26-12-8-9-13-28(26)29)11-7-5-6-10-22(3)33-27-16-14-25(15-17-31(36)34-32)30(20-27)23(4)35/h8-9,12-14,16,18-21,33H,3,5-7,10-11,15,17,32H2,1-2,4H3,(H,34,36). The molecule has 0 aliphatic rings. The molecular formula is C31H39N3O2. The van der Waals surface area contributed by atoms with Crippen LogP contribution < -0.4 is 16.6 Å². The lowest BCUT2D eigenvalue weighted by Gasteiger charge is -2.14. The van der Waals surface area contributed by atoms with Crippen LogP contribution >= 0.6 is 0 Å². The van der Waals surface area contributed by atoms with E-state index in [0.717, 1.165) is 49.1 Å². The molecule has 0 radical (unpaired) electrons. The zero-order valence-corrected chi connectivity index (χ0v) is 21.8. The second-order valence-electron chi connectivity index (χ2n) is 9.85. The van der Waals surface area contributed by atoms with Crippen LogP contribution in [-0.4, -0.2) is 11.7 Å². The third-order valence-electron chi connectivity index (χ3n) is 6.61. The van der Waals surface area contributed by atoms with Gasteiger partial charge < -0.3 is 5.32 Å². The van der Waals surface area contributed by atoms with E-state index in [9.17, 15) is 9.59 Å². The first kappa shape index (κ1) is 27.2. The molecule has 1 amide bonds. The predicted octanol–water partition coefficient (Wildman–Crippen LogP) is 6.82. The molecule has 0 aliphatic carbocycles. The first-order chi connectivity index (χ1) is 17.3. The fraction of sp³-hybridized carbons (Fsp3) is 0.355. The molecule has 0 atom stereocenters. The van der Waals surface area contributed by atoms with Gasteiger partial charge in [-0.2, -0.15) is 0 Å². The van der Waals surface area contributed by atoms with Gasteiger partial charge in [0.05, 0.1) is 0 Å². The summed E-state index contributed by atoms with van der Waals surface area (Å²) < 4.78 is 0. The number of aryl methyl sites for hydroxylation is 2.